The molecule has 0 aromatic carbocycles. The van der Waals surface area contributed by atoms with Crippen LogP contribution < -0.4 is 0 Å². The van der Waals surface area contributed by atoms with Crippen LogP contribution in [0.15, 0.2) is 28.5 Å². The van der Waals surface area contributed by atoms with Crippen molar-refractivity contribution in [3.05, 3.63) is 24.0 Å². The summed E-state index contributed by atoms with van der Waals surface area (Å²) in [5.74, 6) is -0.977. The summed E-state index contributed by atoms with van der Waals surface area (Å²) < 4.78 is 1.80. The molecule has 1 aliphatic carbocycles. The first-order chi connectivity index (χ1) is 9.75. The third-order valence-electron chi connectivity index (χ3n) is 3.35. The summed E-state index contributed by atoms with van der Waals surface area (Å²) in [6.07, 6.45) is 7.49. The number of pyridine rings is 1. The summed E-state index contributed by atoms with van der Waals surface area (Å²) in [6, 6.07) is 1.80. The van der Waals surface area contributed by atoms with Crippen LogP contribution in [0.3, 0.4) is 0 Å². The largest absolute Gasteiger partial charge is 0.478 e. The maximum Gasteiger partial charge on any atom is 0.336 e. The molecule has 1 N–H and O–H groups in total. The SMILES string of the molecule is O=C(O)c1ccncc1Sc1nnnn1C1CCCC1. The van der Waals surface area contributed by atoms with Crippen LogP contribution in [-0.4, -0.2) is 36.3 Å². The Hall–Kier alpha value is -1.96. The van der Waals surface area contributed by atoms with Gasteiger partial charge in [-0.25, -0.2) is 9.48 Å². The number of hydrogen-bond donors (Lipinski definition) is 1. The van der Waals surface area contributed by atoms with Gasteiger partial charge in [0.25, 0.3) is 0 Å². The maximum atomic E-state index is 11.2. The molecule has 1 saturated carbocycles. The van der Waals surface area contributed by atoms with E-state index in [1.807, 2.05) is 0 Å². The molecule has 8 heteroatoms. The molecule has 0 saturated heterocycles. The Labute approximate surface area is 119 Å². The minimum atomic E-state index is -0.977. The van der Waals surface area contributed by atoms with Crippen molar-refractivity contribution in [2.24, 2.45) is 0 Å². The molecule has 0 radical (unpaired) electrons. The third-order valence-corrected chi connectivity index (χ3v) is 4.35. The first-order valence-electron chi connectivity index (χ1n) is 6.38. The summed E-state index contributed by atoms with van der Waals surface area (Å²) in [5, 5.41) is 21.5. The van der Waals surface area contributed by atoms with E-state index >= 15 is 0 Å². The Bertz CT molecular complexity index is 624. The summed E-state index contributed by atoms with van der Waals surface area (Å²) in [4.78, 5) is 15.7. The topological polar surface area (TPSA) is 93.8 Å². The smallest absolute Gasteiger partial charge is 0.336 e. The van der Waals surface area contributed by atoms with Crippen molar-refractivity contribution in [3.63, 3.8) is 0 Å². The summed E-state index contributed by atoms with van der Waals surface area (Å²) >= 11 is 1.25. The van der Waals surface area contributed by atoms with Gasteiger partial charge in [0.05, 0.1) is 11.6 Å². The van der Waals surface area contributed by atoms with Crippen molar-refractivity contribution in [3.8, 4) is 0 Å². The van der Waals surface area contributed by atoms with E-state index in [4.69, 9.17) is 0 Å². The molecule has 2 heterocycles. The molecule has 0 atom stereocenters. The zero-order chi connectivity index (χ0) is 13.9. The molecule has 1 fully saturated rings. The fourth-order valence-electron chi connectivity index (χ4n) is 2.37. The highest BCUT2D eigenvalue weighted by molar-refractivity contribution is 7.99. The molecule has 3 rings (SSSR count). The second-order valence-corrected chi connectivity index (χ2v) is 5.63. The molecule has 7 nitrogen and oxygen atoms in total. The van der Waals surface area contributed by atoms with Gasteiger partial charge in [0.15, 0.2) is 0 Å². The van der Waals surface area contributed by atoms with Crippen molar-refractivity contribution in [1.82, 2.24) is 25.2 Å². The second-order valence-electron chi connectivity index (χ2n) is 4.62. The normalized spacial score (nSPS) is 15.6. The number of aromatic carboxylic acids is 1. The van der Waals surface area contributed by atoms with E-state index in [0.717, 1.165) is 12.8 Å². The second kappa shape index (κ2) is 5.58. The highest BCUT2D eigenvalue weighted by Gasteiger charge is 2.23. The van der Waals surface area contributed by atoms with Gasteiger partial charge in [-0.3, -0.25) is 4.98 Å². The van der Waals surface area contributed by atoms with Gasteiger partial charge in [0.1, 0.15) is 0 Å². The van der Waals surface area contributed by atoms with Gasteiger partial charge in [-0.15, -0.1) is 5.10 Å². The Morgan fingerprint density at radius 2 is 2.20 bits per heavy atom. The summed E-state index contributed by atoms with van der Waals surface area (Å²) in [5.41, 5.74) is 0.214. The van der Waals surface area contributed by atoms with E-state index in [-0.39, 0.29) is 5.56 Å². The quantitative estimate of drug-likeness (QED) is 0.921. The highest BCUT2D eigenvalue weighted by Crippen LogP contribution is 2.34. The van der Waals surface area contributed by atoms with E-state index in [9.17, 15) is 9.90 Å². The van der Waals surface area contributed by atoms with Crippen molar-refractivity contribution < 1.29 is 9.90 Å². The zero-order valence-electron chi connectivity index (χ0n) is 10.6. The van der Waals surface area contributed by atoms with Crippen LogP contribution in [0.2, 0.25) is 0 Å². The molecule has 0 bridgehead atoms. The van der Waals surface area contributed by atoms with Crippen molar-refractivity contribution in [2.45, 2.75) is 41.8 Å². The first kappa shape index (κ1) is 13.0. The lowest BCUT2D eigenvalue weighted by Crippen LogP contribution is -2.08. The van der Waals surface area contributed by atoms with Gasteiger partial charge in [0, 0.05) is 17.3 Å². The molecule has 20 heavy (non-hydrogen) atoms. The van der Waals surface area contributed by atoms with E-state index in [1.54, 1.807) is 4.68 Å². The molecule has 0 amide bonds. The van der Waals surface area contributed by atoms with Gasteiger partial charge in [-0.1, -0.05) is 12.8 Å². The van der Waals surface area contributed by atoms with Gasteiger partial charge < -0.3 is 5.11 Å². The van der Waals surface area contributed by atoms with Crippen molar-refractivity contribution >= 4 is 17.7 Å². The fourth-order valence-corrected chi connectivity index (χ4v) is 3.30. The molecule has 1 aliphatic rings. The first-order valence-corrected chi connectivity index (χ1v) is 7.20. The van der Waals surface area contributed by atoms with Crippen LogP contribution in [0.1, 0.15) is 42.1 Å². The van der Waals surface area contributed by atoms with Crippen molar-refractivity contribution in [1.29, 1.82) is 0 Å². The Morgan fingerprint density at radius 3 is 2.95 bits per heavy atom. The third kappa shape index (κ3) is 2.51. The molecular weight excluding hydrogens is 278 g/mol. The minimum Gasteiger partial charge on any atom is -0.478 e. The lowest BCUT2D eigenvalue weighted by molar-refractivity contribution is 0.0693. The molecule has 2 aromatic rings. The van der Waals surface area contributed by atoms with E-state index < -0.39 is 5.97 Å². The molecule has 0 unspecified atom stereocenters. The lowest BCUT2D eigenvalue weighted by Gasteiger charge is -2.11. The summed E-state index contributed by atoms with van der Waals surface area (Å²) in [7, 11) is 0. The van der Waals surface area contributed by atoms with Gasteiger partial charge in [0.2, 0.25) is 5.16 Å². The summed E-state index contributed by atoms with van der Waals surface area (Å²) in [6.45, 7) is 0. The molecule has 0 aliphatic heterocycles. The number of hydrogen-bond acceptors (Lipinski definition) is 6. The van der Waals surface area contributed by atoms with Crippen LogP contribution in [-0.2, 0) is 0 Å². The van der Waals surface area contributed by atoms with Crippen LogP contribution in [0.4, 0.5) is 0 Å². The van der Waals surface area contributed by atoms with Crippen LogP contribution in [0.25, 0.3) is 0 Å². The van der Waals surface area contributed by atoms with Gasteiger partial charge >= 0.3 is 5.97 Å². The zero-order valence-corrected chi connectivity index (χ0v) is 11.5. The monoisotopic (exact) mass is 291 g/mol. The average molecular weight is 291 g/mol. The Morgan fingerprint density at radius 1 is 1.40 bits per heavy atom. The Balaban J connectivity index is 1.88. The molecular formula is C12H13N5O2S. The molecule has 104 valence electrons. The minimum absolute atomic E-state index is 0.214. The highest BCUT2D eigenvalue weighted by atomic mass is 32.2. The number of tetrazole rings is 1. The van der Waals surface area contributed by atoms with Gasteiger partial charge in [-0.05, 0) is 41.1 Å². The van der Waals surface area contributed by atoms with Crippen LogP contribution in [0.5, 0.6) is 0 Å². The maximum absolute atomic E-state index is 11.2. The molecule has 2 aromatic heterocycles. The van der Waals surface area contributed by atoms with Crippen molar-refractivity contribution in [2.75, 3.05) is 0 Å². The number of rotatable bonds is 4. The van der Waals surface area contributed by atoms with Gasteiger partial charge in [-0.2, -0.15) is 0 Å². The van der Waals surface area contributed by atoms with E-state index in [1.165, 1.54) is 43.1 Å². The predicted octanol–water partition coefficient (Wildman–Crippen LogP) is 2.03. The standard InChI is InChI=1S/C12H13N5O2S/c18-11(19)9-5-6-13-7-10(9)20-12-14-15-16-17(12)8-3-1-2-4-8/h5-8H,1-4H2,(H,18,19). The fraction of sp³-hybridized carbons (Fsp3) is 0.417. The Kier molecular flexibility index (Phi) is 3.64. The number of aromatic nitrogens is 5. The predicted molar refractivity (Wildman–Crippen MR) is 70.6 cm³/mol. The van der Waals surface area contributed by atoms with Crippen LogP contribution >= 0.6 is 11.8 Å². The van der Waals surface area contributed by atoms with E-state index in [2.05, 4.69) is 20.5 Å². The number of carbonyl (C=O) groups is 1. The van der Waals surface area contributed by atoms with E-state index in [0.29, 0.717) is 16.1 Å². The van der Waals surface area contributed by atoms with Crippen LogP contribution in [0, 0.1) is 0 Å². The molecule has 0 spiro atoms. The number of carboxylic acid groups (broad SMARTS) is 1. The number of carboxylic acids is 1. The lowest BCUT2D eigenvalue weighted by atomic mass is 10.3. The average Bonchev–Trinajstić information content (AvgIpc) is 3.09. The number of nitrogens with zero attached hydrogens (tertiary/aromatic N) is 5.